The van der Waals surface area contributed by atoms with Crippen molar-refractivity contribution in [1.29, 1.82) is 0 Å². The van der Waals surface area contributed by atoms with Gasteiger partial charge in [-0.25, -0.2) is 8.42 Å². The molecule has 4 aromatic carbocycles. The van der Waals surface area contributed by atoms with Gasteiger partial charge in [0.05, 0.1) is 31.9 Å². The first-order chi connectivity index (χ1) is 23.8. The predicted molar refractivity (Wildman–Crippen MR) is 196 cm³/mol. The average molecular weight is 763 g/mol. The van der Waals surface area contributed by atoms with Gasteiger partial charge in [0.2, 0.25) is 11.8 Å². The van der Waals surface area contributed by atoms with Crippen LogP contribution in [0.4, 0.5) is 5.69 Å². The number of ether oxygens (including phenoxy) is 3. The van der Waals surface area contributed by atoms with Gasteiger partial charge in [-0.1, -0.05) is 71.2 Å². The zero-order chi connectivity index (χ0) is 36.6. The number of halogens is 3. The Morgan fingerprint density at radius 2 is 1.40 bits per heavy atom. The summed E-state index contributed by atoms with van der Waals surface area (Å²) in [4.78, 5) is 29.8. The van der Waals surface area contributed by atoms with E-state index in [4.69, 9.17) is 49.0 Å². The van der Waals surface area contributed by atoms with Gasteiger partial charge in [-0.05, 0) is 67.4 Å². The van der Waals surface area contributed by atoms with Crippen LogP contribution in [0, 0.1) is 0 Å². The molecule has 14 heteroatoms. The molecule has 0 aliphatic rings. The van der Waals surface area contributed by atoms with Gasteiger partial charge in [-0.3, -0.25) is 13.9 Å². The third-order valence-corrected chi connectivity index (χ3v) is 10.3. The molecule has 0 aromatic heterocycles. The largest absolute Gasteiger partial charge is 0.495 e. The molecule has 0 bridgehead atoms. The summed E-state index contributed by atoms with van der Waals surface area (Å²) in [5, 5.41) is 3.77. The fraction of sp³-hybridized carbons (Fsp3) is 0.278. The molecule has 4 aromatic rings. The van der Waals surface area contributed by atoms with Crippen molar-refractivity contribution in [1.82, 2.24) is 10.2 Å². The smallest absolute Gasteiger partial charge is 0.265 e. The molecule has 0 spiro atoms. The van der Waals surface area contributed by atoms with Crippen molar-refractivity contribution in [2.75, 3.05) is 32.2 Å². The Bertz CT molecular complexity index is 1930. The fourth-order valence-corrected chi connectivity index (χ4v) is 7.31. The number of sulfonamides is 1. The Labute approximate surface area is 307 Å². The normalized spacial score (nSPS) is 11.9. The first-order valence-electron chi connectivity index (χ1n) is 15.4. The Kier molecular flexibility index (Phi) is 13.3. The molecular weight excluding hydrogens is 725 g/mol. The monoisotopic (exact) mass is 761 g/mol. The van der Waals surface area contributed by atoms with E-state index in [1.807, 2.05) is 44.2 Å². The van der Waals surface area contributed by atoms with Crippen LogP contribution in [0.2, 0.25) is 15.1 Å². The lowest BCUT2D eigenvalue weighted by Gasteiger charge is -2.34. The third kappa shape index (κ3) is 9.33. The van der Waals surface area contributed by atoms with E-state index in [-0.39, 0.29) is 51.1 Å². The molecule has 0 aliphatic carbocycles. The standard InChI is InChI=1S/C36H38Cl3N3O7S/c1-23(2)40-36(44)31(17-24-9-7-6-8-10-24)41(21-25-11-12-26(37)18-29(25)39)35(43)22-42(30-19-27(38)13-15-32(30)47-3)50(45,46)28-14-16-33(48-4)34(20-28)49-5/h6-16,18-20,23,31H,17,21-22H2,1-5H3,(H,40,44). The zero-order valence-electron chi connectivity index (χ0n) is 28.2. The number of nitrogens with zero attached hydrogens (tertiary/aromatic N) is 2. The number of carbonyl (C=O) groups excluding carboxylic acids is 2. The summed E-state index contributed by atoms with van der Waals surface area (Å²) in [5.41, 5.74) is 1.27. The number of nitrogens with one attached hydrogen (secondary N) is 1. The minimum atomic E-state index is -4.53. The summed E-state index contributed by atoms with van der Waals surface area (Å²) >= 11 is 19.1. The molecule has 0 heterocycles. The minimum absolute atomic E-state index is 0.00106. The Morgan fingerprint density at radius 3 is 2.02 bits per heavy atom. The summed E-state index contributed by atoms with van der Waals surface area (Å²) in [7, 11) is -0.354. The molecule has 0 aliphatic heterocycles. The van der Waals surface area contributed by atoms with E-state index in [0.29, 0.717) is 16.3 Å². The highest BCUT2D eigenvalue weighted by Crippen LogP contribution is 2.37. The van der Waals surface area contributed by atoms with Crippen LogP contribution in [0.25, 0.3) is 0 Å². The number of amides is 2. The number of rotatable bonds is 15. The number of benzene rings is 4. The lowest BCUT2D eigenvalue weighted by molar-refractivity contribution is -0.140. The quantitative estimate of drug-likeness (QED) is 0.138. The van der Waals surface area contributed by atoms with E-state index in [0.717, 1.165) is 9.87 Å². The topological polar surface area (TPSA) is 114 Å². The molecule has 266 valence electrons. The van der Waals surface area contributed by atoms with E-state index in [9.17, 15) is 18.0 Å². The number of anilines is 1. The molecule has 0 saturated heterocycles. The summed E-state index contributed by atoms with van der Waals surface area (Å²) < 4.78 is 46.3. The van der Waals surface area contributed by atoms with Gasteiger partial charge >= 0.3 is 0 Å². The van der Waals surface area contributed by atoms with Crippen LogP contribution in [0.5, 0.6) is 17.2 Å². The Hall–Kier alpha value is -4.16. The summed E-state index contributed by atoms with van der Waals surface area (Å²) in [6, 6.07) is 21.2. The molecule has 1 unspecified atom stereocenters. The molecule has 50 heavy (non-hydrogen) atoms. The molecule has 1 atom stereocenters. The van der Waals surface area contributed by atoms with E-state index in [2.05, 4.69) is 5.32 Å². The second kappa shape index (κ2) is 17.2. The lowest BCUT2D eigenvalue weighted by Crippen LogP contribution is -2.54. The maximum atomic E-state index is 14.8. The van der Waals surface area contributed by atoms with Crippen LogP contribution >= 0.6 is 34.8 Å². The summed E-state index contributed by atoms with van der Waals surface area (Å²) in [6.45, 7) is 2.72. The number of methoxy groups -OCH3 is 3. The van der Waals surface area contributed by atoms with E-state index < -0.39 is 34.4 Å². The molecule has 1 N–H and O–H groups in total. The molecule has 0 radical (unpaired) electrons. The molecule has 2 amide bonds. The highest BCUT2D eigenvalue weighted by molar-refractivity contribution is 7.92. The molecule has 10 nitrogen and oxygen atoms in total. The zero-order valence-corrected chi connectivity index (χ0v) is 31.2. The highest BCUT2D eigenvalue weighted by Gasteiger charge is 2.36. The van der Waals surface area contributed by atoms with Crippen LogP contribution in [0.3, 0.4) is 0 Å². The fourth-order valence-electron chi connectivity index (χ4n) is 5.24. The molecule has 0 saturated carbocycles. The van der Waals surface area contributed by atoms with Gasteiger partial charge in [0.15, 0.2) is 11.5 Å². The molecular formula is C36H38Cl3N3O7S. The molecule has 4 rings (SSSR count). The Morgan fingerprint density at radius 1 is 0.780 bits per heavy atom. The van der Waals surface area contributed by atoms with Crippen LogP contribution in [0.15, 0.2) is 89.8 Å². The van der Waals surface area contributed by atoms with Gasteiger partial charge in [-0.2, -0.15) is 0 Å². The van der Waals surface area contributed by atoms with Crippen molar-refractivity contribution in [2.24, 2.45) is 0 Å². The van der Waals surface area contributed by atoms with Gasteiger partial charge < -0.3 is 24.4 Å². The van der Waals surface area contributed by atoms with Crippen molar-refractivity contribution in [2.45, 2.75) is 43.8 Å². The predicted octanol–water partition coefficient (Wildman–Crippen LogP) is 7.03. The van der Waals surface area contributed by atoms with Gasteiger partial charge in [0.1, 0.15) is 18.3 Å². The van der Waals surface area contributed by atoms with Crippen molar-refractivity contribution >= 4 is 62.3 Å². The van der Waals surface area contributed by atoms with Crippen LogP contribution in [-0.2, 0) is 32.6 Å². The van der Waals surface area contributed by atoms with Crippen molar-refractivity contribution in [3.63, 3.8) is 0 Å². The number of hydrogen-bond donors (Lipinski definition) is 1. The van der Waals surface area contributed by atoms with Crippen LogP contribution in [-0.4, -0.2) is 65.1 Å². The lowest BCUT2D eigenvalue weighted by atomic mass is 10.0. The Balaban J connectivity index is 1.90. The SMILES string of the molecule is COc1ccc(S(=O)(=O)N(CC(=O)N(Cc2ccc(Cl)cc2Cl)C(Cc2ccccc2)C(=O)NC(C)C)c2cc(Cl)ccc2OC)cc1OC. The van der Waals surface area contributed by atoms with E-state index >= 15 is 0 Å². The average Bonchev–Trinajstić information content (AvgIpc) is 3.09. The van der Waals surface area contributed by atoms with Gasteiger partial charge in [0, 0.05) is 40.1 Å². The van der Waals surface area contributed by atoms with Crippen LogP contribution < -0.4 is 23.8 Å². The van der Waals surface area contributed by atoms with E-state index in [1.165, 1.54) is 68.7 Å². The first kappa shape index (κ1) is 38.6. The van der Waals surface area contributed by atoms with Crippen molar-refractivity contribution in [3.8, 4) is 17.2 Å². The van der Waals surface area contributed by atoms with Gasteiger partial charge in [-0.15, -0.1) is 0 Å². The summed E-state index contributed by atoms with van der Waals surface area (Å²) in [6.07, 6.45) is 0.124. The molecule has 0 fully saturated rings. The second-order valence-corrected chi connectivity index (χ2v) is 14.6. The maximum Gasteiger partial charge on any atom is 0.265 e. The van der Waals surface area contributed by atoms with Gasteiger partial charge in [0.25, 0.3) is 10.0 Å². The van der Waals surface area contributed by atoms with Crippen LogP contribution in [0.1, 0.15) is 25.0 Å². The summed E-state index contributed by atoms with van der Waals surface area (Å²) in [5.74, 6) is -0.540. The highest BCUT2D eigenvalue weighted by atomic mass is 35.5. The number of carbonyl (C=O) groups is 2. The minimum Gasteiger partial charge on any atom is -0.495 e. The number of hydrogen-bond acceptors (Lipinski definition) is 7. The van der Waals surface area contributed by atoms with Crippen molar-refractivity contribution < 1.29 is 32.2 Å². The maximum absolute atomic E-state index is 14.8. The van der Waals surface area contributed by atoms with Crippen molar-refractivity contribution in [3.05, 3.63) is 111 Å². The van der Waals surface area contributed by atoms with E-state index in [1.54, 1.807) is 12.1 Å². The third-order valence-electron chi connectivity index (χ3n) is 7.69. The second-order valence-electron chi connectivity index (χ2n) is 11.5. The first-order valence-corrected chi connectivity index (χ1v) is 18.0.